The van der Waals surface area contributed by atoms with Crippen LogP contribution in [0.1, 0.15) is 15.9 Å². The Labute approximate surface area is 118 Å². The predicted molar refractivity (Wildman–Crippen MR) is 70.7 cm³/mol. The van der Waals surface area contributed by atoms with Crippen molar-refractivity contribution >= 4 is 11.9 Å². The van der Waals surface area contributed by atoms with Crippen molar-refractivity contribution in [2.75, 3.05) is 0 Å². The van der Waals surface area contributed by atoms with E-state index < -0.39 is 23.2 Å². The molecule has 0 N–H and O–H groups in total. The fourth-order valence-corrected chi connectivity index (χ4v) is 1.68. The van der Waals surface area contributed by atoms with Crippen molar-refractivity contribution < 1.29 is 18.0 Å². The molecule has 0 unspecified atom stereocenters. The minimum atomic E-state index is -0.880. The normalized spacial score (nSPS) is 11.0. The molecule has 0 spiro atoms. The van der Waals surface area contributed by atoms with Gasteiger partial charge >= 0.3 is 0 Å². The van der Waals surface area contributed by atoms with Crippen molar-refractivity contribution in [3.8, 4) is 6.07 Å². The zero-order valence-electron chi connectivity index (χ0n) is 10.6. The van der Waals surface area contributed by atoms with Gasteiger partial charge in [0.25, 0.3) is 0 Å². The number of benzene rings is 2. The van der Waals surface area contributed by atoms with Crippen LogP contribution in [0.25, 0.3) is 6.08 Å². The molecular weight excluding hydrogens is 279 g/mol. The van der Waals surface area contributed by atoms with Crippen molar-refractivity contribution in [1.82, 2.24) is 0 Å². The molecule has 2 rings (SSSR count). The number of carbonyl (C=O) groups is 1. The highest BCUT2D eigenvalue weighted by Crippen LogP contribution is 2.16. The molecule has 0 saturated carbocycles. The smallest absolute Gasteiger partial charge is 0.203 e. The van der Waals surface area contributed by atoms with Crippen LogP contribution in [-0.2, 0) is 0 Å². The first-order chi connectivity index (χ1) is 10.0. The Balaban J connectivity index is 2.39. The minimum Gasteiger partial charge on any atom is -0.288 e. The second kappa shape index (κ2) is 6.06. The van der Waals surface area contributed by atoms with Gasteiger partial charge in [-0.15, -0.1) is 0 Å². The summed E-state index contributed by atoms with van der Waals surface area (Å²) in [6.07, 6.45) is 1.03. The van der Waals surface area contributed by atoms with Crippen LogP contribution in [0.2, 0.25) is 0 Å². The van der Waals surface area contributed by atoms with Gasteiger partial charge in [0.2, 0.25) is 5.78 Å². The second-order valence-electron chi connectivity index (χ2n) is 4.17. The Morgan fingerprint density at radius 3 is 2.19 bits per heavy atom. The van der Waals surface area contributed by atoms with E-state index in [0.717, 1.165) is 30.3 Å². The summed E-state index contributed by atoms with van der Waals surface area (Å²) in [5.41, 5.74) is -0.303. The lowest BCUT2D eigenvalue weighted by Gasteiger charge is -2.01. The molecule has 0 aliphatic heterocycles. The maximum Gasteiger partial charge on any atom is 0.203 e. The average molecular weight is 287 g/mol. The van der Waals surface area contributed by atoms with Crippen molar-refractivity contribution in [1.29, 1.82) is 5.26 Å². The maximum absolute atomic E-state index is 13.5. The van der Waals surface area contributed by atoms with Gasteiger partial charge in [-0.25, -0.2) is 13.2 Å². The van der Waals surface area contributed by atoms with Crippen molar-refractivity contribution in [3.05, 3.63) is 76.6 Å². The number of halogens is 3. The molecule has 2 aromatic carbocycles. The van der Waals surface area contributed by atoms with Crippen molar-refractivity contribution in [2.45, 2.75) is 0 Å². The molecule has 0 atom stereocenters. The largest absolute Gasteiger partial charge is 0.288 e. The molecule has 0 aromatic heterocycles. The fourth-order valence-electron chi connectivity index (χ4n) is 1.68. The zero-order chi connectivity index (χ0) is 15.4. The summed E-state index contributed by atoms with van der Waals surface area (Å²) in [7, 11) is 0. The van der Waals surface area contributed by atoms with Gasteiger partial charge in [-0.1, -0.05) is 0 Å². The number of ketones is 1. The van der Waals surface area contributed by atoms with Gasteiger partial charge < -0.3 is 0 Å². The van der Waals surface area contributed by atoms with E-state index in [1.165, 1.54) is 12.1 Å². The zero-order valence-corrected chi connectivity index (χ0v) is 10.6. The van der Waals surface area contributed by atoms with Crippen LogP contribution in [-0.4, -0.2) is 5.78 Å². The topological polar surface area (TPSA) is 40.9 Å². The average Bonchev–Trinajstić information content (AvgIpc) is 2.47. The standard InChI is InChI=1S/C16H8F3NO/c17-13-4-1-10(2-5-13)16(21)12(9-20)7-11-3-6-14(18)8-15(11)19/h1-8H/b12-7+. The first-order valence-electron chi connectivity index (χ1n) is 5.88. The Bertz CT molecular complexity index is 758. The molecule has 104 valence electrons. The van der Waals surface area contributed by atoms with E-state index in [2.05, 4.69) is 0 Å². The third kappa shape index (κ3) is 3.37. The molecule has 0 aliphatic carbocycles. The molecule has 2 aromatic rings. The molecule has 0 aliphatic rings. The molecule has 0 saturated heterocycles. The summed E-state index contributed by atoms with van der Waals surface area (Å²) in [5.74, 6) is -2.82. The Hall–Kier alpha value is -2.87. The van der Waals surface area contributed by atoms with Gasteiger partial charge in [-0.2, -0.15) is 5.26 Å². The highest BCUT2D eigenvalue weighted by atomic mass is 19.1. The summed E-state index contributed by atoms with van der Waals surface area (Å²) < 4.78 is 39.1. The Kier molecular flexibility index (Phi) is 4.19. The lowest BCUT2D eigenvalue weighted by Crippen LogP contribution is -2.02. The number of Topliss-reactive ketones (excluding diaryl/α,β-unsaturated/α-hetero) is 1. The lowest BCUT2D eigenvalue weighted by molar-refractivity contribution is 0.104. The highest BCUT2D eigenvalue weighted by Gasteiger charge is 2.13. The SMILES string of the molecule is N#C/C(=C\c1ccc(F)cc1F)C(=O)c1ccc(F)cc1. The molecule has 0 amide bonds. The number of hydrogen-bond donors (Lipinski definition) is 0. The molecule has 0 fully saturated rings. The lowest BCUT2D eigenvalue weighted by atomic mass is 10.0. The van der Waals surface area contributed by atoms with E-state index >= 15 is 0 Å². The van der Waals surface area contributed by atoms with Gasteiger partial charge in [0.1, 0.15) is 29.1 Å². The van der Waals surface area contributed by atoms with Gasteiger partial charge in [0.05, 0.1) is 0 Å². The number of rotatable bonds is 3. The molecule has 0 radical (unpaired) electrons. The van der Waals surface area contributed by atoms with Crippen LogP contribution >= 0.6 is 0 Å². The number of nitriles is 1. The van der Waals surface area contributed by atoms with Crippen LogP contribution < -0.4 is 0 Å². The molecule has 0 bridgehead atoms. The summed E-state index contributed by atoms with van der Waals surface area (Å²) in [5, 5.41) is 9.01. The van der Waals surface area contributed by atoms with E-state index in [1.807, 2.05) is 0 Å². The minimum absolute atomic E-state index is 0.0802. The first-order valence-corrected chi connectivity index (χ1v) is 5.88. The van der Waals surface area contributed by atoms with Gasteiger partial charge in [0.15, 0.2) is 0 Å². The third-order valence-electron chi connectivity index (χ3n) is 2.73. The number of carbonyl (C=O) groups excluding carboxylic acids is 1. The molecule has 2 nitrogen and oxygen atoms in total. The summed E-state index contributed by atoms with van der Waals surface area (Å²) in [6, 6.07) is 9.08. The van der Waals surface area contributed by atoms with Gasteiger partial charge in [-0.05, 0) is 42.5 Å². The molecule has 0 heterocycles. The first kappa shape index (κ1) is 14.5. The maximum atomic E-state index is 13.5. The monoisotopic (exact) mass is 287 g/mol. The predicted octanol–water partition coefficient (Wildman–Crippen LogP) is 3.89. The number of nitrogens with zero attached hydrogens (tertiary/aromatic N) is 1. The summed E-state index contributed by atoms with van der Waals surface area (Å²) in [4.78, 5) is 12.1. The Morgan fingerprint density at radius 2 is 1.62 bits per heavy atom. The van der Waals surface area contributed by atoms with Crippen LogP contribution in [0.15, 0.2) is 48.0 Å². The van der Waals surface area contributed by atoms with E-state index in [1.54, 1.807) is 6.07 Å². The quantitative estimate of drug-likeness (QED) is 0.488. The van der Waals surface area contributed by atoms with Crippen LogP contribution in [0.5, 0.6) is 0 Å². The van der Waals surface area contributed by atoms with Crippen molar-refractivity contribution in [3.63, 3.8) is 0 Å². The fraction of sp³-hybridized carbons (Fsp3) is 0. The number of hydrogen-bond acceptors (Lipinski definition) is 2. The van der Waals surface area contributed by atoms with E-state index in [9.17, 15) is 18.0 Å². The van der Waals surface area contributed by atoms with E-state index in [4.69, 9.17) is 5.26 Å². The van der Waals surface area contributed by atoms with Crippen LogP contribution in [0.4, 0.5) is 13.2 Å². The van der Waals surface area contributed by atoms with E-state index in [-0.39, 0.29) is 16.7 Å². The summed E-state index contributed by atoms with van der Waals surface area (Å²) in [6.45, 7) is 0. The Morgan fingerprint density at radius 1 is 1.00 bits per heavy atom. The van der Waals surface area contributed by atoms with Gasteiger partial charge in [0, 0.05) is 17.2 Å². The van der Waals surface area contributed by atoms with E-state index in [0.29, 0.717) is 6.07 Å². The molecular formula is C16H8F3NO. The van der Waals surface area contributed by atoms with Crippen molar-refractivity contribution in [2.24, 2.45) is 0 Å². The van der Waals surface area contributed by atoms with Crippen LogP contribution in [0.3, 0.4) is 0 Å². The summed E-state index contributed by atoms with van der Waals surface area (Å²) >= 11 is 0. The molecule has 21 heavy (non-hydrogen) atoms. The number of allylic oxidation sites excluding steroid dienone is 1. The second-order valence-corrected chi connectivity index (χ2v) is 4.17. The molecule has 5 heteroatoms. The van der Waals surface area contributed by atoms with Crippen LogP contribution in [0, 0.1) is 28.8 Å². The third-order valence-corrected chi connectivity index (χ3v) is 2.73. The highest BCUT2D eigenvalue weighted by molar-refractivity contribution is 6.14. The van der Waals surface area contributed by atoms with Gasteiger partial charge in [-0.3, -0.25) is 4.79 Å².